The molecule has 0 bridgehead atoms. The second kappa shape index (κ2) is 6.21. The van der Waals surface area contributed by atoms with E-state index in [4.69, 9.17) is 14.9 Å². The van der Waals surface area contributed by atoms with Gasteiger partial charge in [-0.1, -0.05) is 20.8 Å². The zero-order valence-corrected chi connectivity index (χ0v) is 11.5. The van der Waals surface area contributed by atoms with Gasteiger partial charge in [-0.05, 0) is 5.41 Å². The van der Waals surface area contributed by atoms with E-state index in [1.54, 1.807) is 20.8 Å². The molecule has 1 aliphatic heterocycles. The highest BCUT2D eigenvalue weighted by atomic mass is 16.5. The Balaban J connectivity index is 2.64. The van der Waals surface area contributed by atoms with E-state index in [9.17, 15) is 9.59 Å². The number of nitrogens with one attached hydrogen (secondary N) is 1. The van der Waals surface area contributed by atoms with E-state index in [1.165, 1.54) is 4.90 Å². The number of hydrogen-bond acceptors (Lipinski definition) is 4. The minimum Gasteiger partial charge on any atom is -0.480 e. The summed E-state index contributed by atoms with van der Waals surface area (Å²) in [5, 5.41) is 20.7. The number of hydrogen-bond donors (Lipinski definition) is 3. The van der Waals surface area contributed by atoms with Crippen LogP contribution in [0.1, 0.15) is 20.8 Å². The average Bonchev–Trinajstić information content (AvgIpc) is 2.33. The first-order chi connectivity index (χ1) is 8.75. The van der Waals surface area contributed by atoms with Crippen LogP contribution < -0.4 is 5.32 Å². The lowest BCUT2D eigenvalue weighted by molar-refractivity contribution is -0.142. The highest BCUT2D eigenvalue weighted by Gasteiger charge is 2.34. The Bertz CT molecular complexity index is 340. The molecule has 1 rings (SSSR count). The Labute approximate surface area is 112 Å². The maximum atomic E-state index is 12.0. The smallest absolute Gasteiger partial charge is 0.326 e. The second-order valence-corrected chi connectivity index (χ2v) is 5.71. The summed E-state index contributed by atoms with van der Waals surface area (Å²) in [6, 6.07) is -1.40. The van der Waals surface area contributed by atoms with Gasteiger partial charge in [-0.3, -0.25) is 0 Å². The predicted molar refractivity (Wildman–Crippen MR) is 67.8 cm³/mol. The van der Waals surface area contributed by atoms with Crippen LogP contribution in [0.15, 0.2) is 0 Å². The topological polar surface area (TPSA) is 99.1 Å². The summed E-state index contributed by atoms with van der Waals surface area (Å²) in [4.78, 5) is 24.7. The van der Waals surface area contributed by atoms with Crippen molar-refractivity contribution < 1.29 is 24.5 Å². The van der Waals surface area contributed by atoms with Gasteiger partial charge in [-0.2, -0.15) is 0 Å². The number of morpholine rings is 1. The van der Waals surface area contributed by atoms with Crippen molar-refractivity contribution >= 4 is 12.0 Å². The van der Waals surface area contributed by atoms with Gasteiger partial charge in [0.05, 0.1) is 25.9 Å². The summed E-state index contributed by atoms with van der Waals surface area (Å²) < 4.78 is 5.24. The quantitative estimate of drug-likeness (QED) is 0.667. The van der Waals surface area contributed by atoms with Crippen LogP contribution in [-0.2, 0) is 9.53 Å². The lowest BCUT2D eigenvalue weighted by Gasteiger charge is -2.35. The molecule has 3 N–H and O–H groups in total. The summed E-state index contributed by atoms with van der Waals surface area (Å²) in [6.45, 7) is 6.08. The normalized spacial score (nSPS) is 21.9. The Morgan fingerprint density at radius 1 is 1.47 bits per heavy atom. The van der Waals surface area contributed by atoms with Crippen molar-refractivity contribution in [3.63, 3.8) is 0 Å². The molecule has 2 atom stereocenters. The van der Waals surface area contributed by atoms with Crippen LogP contribution in [0.2, 0.25) is 0 Å². The minimum absolute atomic E-state index is 0.161. The fourth-order valence-electron chi connectivity index (χ4n) is 1.88. The van der Waals surface area contributed by atoms with Crippen molar-refractivity contribution in [2.75, 3.05) is 26.3 Å². The van der Waals surface area contributed by atoms with Crippen LogP contribution in [0.25, 0.3) is 0 Å². The predicted octanol–water partition coefficient (Wildman–Crippen LogP) is -0.112. The van der Waals surface area contributed by atoms with Crippen molar-refractivity contribution in [1.82, 2.24) is 10.2 Å². The number of ether oxygens (including phenoxy) is 1. The number of rotatable bonds is 3. The van der Waals surface area contributed by atoms with Crippen LogP contribution in [0.3, 0.4) is 0 Å². The molecule has 1 unspecified atom stereocenters. The number of nitrogens with zero attached hydrogens (tertiary/aromatic N) is 1. The number of urea groups is 1. The molecule has 1 aliphatic rings. The molecule has 0 spiro atoms. The van der Waals surface area contributed by atoms with Gasteiger partial charge in [-0.25, -0.2) is 9.59 Å². The average molecular weight is 274 g/mol. The number of carboxylic acids is 1. The monoisotopic (exact) mass is 274 g/mol. The molecule has 1 heterocycles. The first-order valence-corrected chi connectivity index (χ1v) is 6.26. The zero-order valence-electron chi connectivity index (χ0n) is 11.5. The van der Waals surface area contributed by atoms with Gasteiger partial charge in [0.1, 0.15) is 6.04 Å². The molecule has 2 amide bonds. The lowest BCUT2D eigenvalue weighted by Crippen LogP contribution is -2.56. The molecule has 0 radical (unpaired) electrons. The highest BCUT2D eigenvalue weighted by molar-refractivity contribution is 5.83. The summed E-state index contributed by atoms with van der Waals surface area (Å²) in [5.41, 5.74) is -0.579. The van der Waals surface area contributed by atoms with E-state index in [2.05, 4.69) is 5.32 Å². The van der Waals surface area contributed by atoms with Gasteiger partial charge in [0.15, 0.2) is 0 Å². The molecule has 110 valence electrons. The van der Waals surface area contributed by atoms with E-state index in [0.29, 0.717) is 13.2 Å². The molecule has 7 heteroatoms. The van der Waals surface area contributed by atoms with E-state index < -0.39 is 29.6 Å². The number of aliphatic carboxylic acids is 1. The van der Waals surface area contributed by atoms with Crippen molar-refractivity contribution in [3.8, 4) is 0 Å². The molecule has 0 aromatic carbocycles. The second-order valence-electron chi connectivity index (χ2n) is 5.71. The Morgan fingerprint density at radius 3 is 2.58 bits per heavy atom. The zero-order chi connectivity index (χ0) is 14.6. The summed E-state index contributed by atoms with van der Waals surface area (Å²) in [5.74, 6) is -1.06. The fourth-order valence-corrected chi connectivity index (χ4v) is 1.88. The third kappa shape index (κ3) is 4.36. The van der Waals surface area contributed by atoms with Crippen molar-refractivity contribution in [1.29, 1.82) is 0 Å². The Morgan fingerprint density at radius 2 is 2.11 bits per heavy atom. The molecule has 0 aromatic rings. The Hall–Kier alpha value is -1.34. The van der Waals surface area contributed by atoms with Gasteiger partial charge >= 0.3 is 12.0 Å². The van der Waals surface area contributed by atoms with Gasteiger partial charge in [0, 0.05) is 6.54 Å². The van der Waals surface area contributed by atoms with Crippen molar-refractivity contribution in [2.45, 2.75) is 32.9 Å². The fraction of sp³-hybridized carbons (Fsp3) is 0.833. The molecule has 1 fully saturated rings. The molecule has 0 aliphatic carbocycles. The molecule has 1 saturated heterocycles. The number of carbonyl (C=O) groups is 2. The number of aliphatic hydroxyl groups is 1. The first kappa shape index (κ1) is 15.7. The van der Waals surface area contributed by atoms with Crippen LogP contribution in [0.5, 0.6) is 0 Å². The number of carboxylic acid groups (broad SMARTS) is 1. The minimum atomic E-state index is -1.06. The molecule has 0 saturated carbocycles. The summed E-state index contributed by atoms with van der Waals surface area (Å²) in [6.07, 6.45) is -0.405. The van der Waals surface area contributed by atoms with E-state index in [1.807, 2.05) is 0 Å². The van der Waals surface area contributed by atoms with Gasteiger partial charge in [0.2, 0.25) is 0 Å². The van der Waals surface area contributed by atoms with Crippen LogP contribution in [0, 0.1) is 5.41 Å². The Kier molecular flexibility index (Phi) is 5.13. The molecule has 7 nitrogen and oxygen atoms in total. The third-order valence-corrected chi connectivity index (χ3v) is 3.01. The lowest BCUT2D eigenvalue weighted by atomic mass is 9.87. The SMILES string of the molecule is CC(C)(C)[C@@H](NC(=O)N1CCOC(CO)C1)C(=O)O. The third-order valence-electron chi connectivity index (χ3n) is 3.01. The van der Waals surface area contributed by atoms with Crippen LogP contribution in [0.4, 0.5) is 4.79 Å². The number of carbonyl (C=O) groups excluding carboxylic acids is 1. The van der Waals surface area contributed by atoms with Crippen molar-refractivity contribution in [2.24, 2.45) is 5.41 Å². The van der Waals surface area contributed by atoms with E-state index in [0.717, 1.165) is 0 Å². The van der Waals surface area contributed by atoms with Gasteiger partial charge in [0.25, 0.3) is 0 Å². The van der Waals surface area contributed by atoms with Crippen LogP contribution >= 0.6 is 0 Å². The molecular formula is C12H22N2O5. The summed E-state index contributed by atoms with van der Waals surface area (Å²) in [7, 11) is 0. The highest BCUT2D eigenvalue weighted by Crippen LogP contribution is 2.20. The van der Waals surface area contributed by atoms with E-state index in [-0.39, 0.29) is 13.2 Å². The summed E-state index contributed by atoms with van der Waals surface area (Å²) >= 11 is 0. The standard InChI is InChI=1S/C12H22N2O5/c1-12(2,3)9(10(16)17)13-11(18)14-4-5-19-8(6-14)7-15/h8-9,15H,4-7H2,1-3H3,(H,13,18)(H,16,17)/t8?,9-/m0/s1. The number of amides is 2. The van der Waals surface area contributed by atoms with Gasteiger partial charge < -0.3 is 25.2 Å². The van der Waals surface area contributed by atoms with Crippen molar-refractivity contribution in [3.05, 3.63) is 0 Å². The van der Waals surface area contributed by atoms with Gasteiger partial charge in [-0.15, -0.1) is 0 Å². The number of aliphatic hydroxyl groups excluding tert-OH is 1. The first-order valence-electron chi connectivity index (χ1n) is 6.26. The van der Waals surface area contributed by atoms with Crippen LogP contribution in [-0.4, -0.2) is 65.6 Å². The molecule has 0 aromatic heterocycles. The maximum absolute atomic E-state index is 12.0. The molecule has 19 heavy (non-hydrogen) atoms. The molecular weight excluding hydrogens is 252 g/mol. The maximum Gasteiger partial charge on any atom is 0.326 e. The largest absolute Gasteiger partial charge is 0.480 e. The van der Waals surface area contributed by atoms with E-state index >= 15 is 0 Å².